The van der Waals surface area contributed by atoms with E-state index in [0.717, 1.165) is 52.6 Å². The summed E-state index contributed by atoms with van der Waals surface area (Å²) in [5.74, 6) is -1.23. The van der Waals surface area contributed by atoms with Crippen LogP contribution in [0.15, 0.2) is 50.8 Å². The van der Waals surface area contributed by atoms with Crippen molar-refractivity contribution in [2.45, 2.75) is 222 Å². The molecule has 0 spiro atoms. The summed E-state index contributed by atoms with van der Waals surface area (Å²) >= 11 is 0. The number of hydrogen-bond acceptors (Lipinski definition) is 11. The lowest BCUT2D eigenvalue weighted by atomic mass is 9.75. The van der Waals surface area contributed by atoms with Gasteiger partial charge in [0.2, 0.25) is 0 Å². The topological polar surface area (TPSA) is 185 Å². The standard InChI is InChI=1S/C61H89N3O11/c1-38-42(56(2,3)4)32-39(33-43(38)57(5,6)7)20-23-48(65)73-29-26-62-53(70)63(27-30-74-49(66)24-21-40-34-44(58(8,9)10)51(68)45(35-40)59(11,12)13)55(72)64(54(62)71)28-31-75-50(67)25-22-41-36-46(60(14,15)16)52(69)47(37-41)61(17,18)19/h32-37,68-69H,20-31H2,1-19H3. The molecule has 3 aromatic carbocycles. The van der Waals surface area contributed by atoms with E-state index in [1.54, 1.807) is 0 Å². The van der Waals surface area contributed by atoms with Gasteiger partial charge in [0.25, 0.3) is 0 Å². The number of rotatable bonds is 18. The molecule has 14 heteroatoms. The second-order valence-electron chi connectivity index (χ2n) is 26.4. The van der Waals surface area contributed by atoms with Crippen molar-refractivity contribution >= 4 is 17.9 Å². The quantitative estimate of drug-likeness (QED) is 0.0714. The van der Waals surface area contributed by atoms with E-state index in [1.165, 1.54) is 16.7 Å². The van der Waals surface area contributed by atoms with Crippen molar-refractivity contribution in [3.63, 3.8) is 0 Å². The van der Waals surface area contributed by atoms with Crippen LogP contribution in [0.4, 0.5) is 0 Å². The predicted octanol–water partition coefficient (Wildman–Crippen LogP) is 10.2. The molecule has 0 bridgehead atoms. The van der Waals surface area contributed by atoms with E-state index in [0.29, 0.717) is 19.3 Å². The van der Waals surface area contributed by atoms with Gasteiger partial charge in [-0.2, -0.15) is 0 Å². The molecule has 0 saturated heterocycles. The maximum Gasteiger partial charge on any atom is 0.336 e. The first-order chi connectivity index (χ1) is 34.2. The fourth-order valence-electron chi connectivity index (χ4n) is 9.40. The van der Waals surface area contributed by atoms with E-state index >= 15 is 0 Å². The van der Waals surface area contributed by atoms with Gasteiger partial charge in [0.05, 0.1) is 19.6 Å². The highest BCUT2D eigenvalue weighted by molar-refractivity contribution is 5.71. The summed E-state index contributed by atoms with van der Waals surface area (Å²) in [6.07, 6.45) is 1.05. The number of ether oxygens (including phenoxy) is 3. The molecule has 0 aliphatic carbocycles. The number of carbonyl (C=O) groups excluding carboxylic acids is 3. The Bertz CT molecular complexity index is 2460. The highest BCUT2D eigenvalue weighted by Crippen LogP contribution is 2.42. The number of nitrogens with zero attached hydrogens (tertiary/aromatic N) is 3. The fraction of sp³-hybridized carbons (Fsp3) is 0.607. The summed E-state index contributed by atoms with van der Waals surface area (Å²) in [5, 5.41) is 22.3. The third-order valence-electron chi connectivity index (χ3n) is 13.6. The van der Waals surface area contributed by atoms with E-state index < -0.39 is 48.1 Å². The van der Waals surface area contributed by atoms with Gasteiger partial charge in [-0.15, -0.1) is 0 Å². The van der Waals surface area contributed by atoms with E-state index in [1.807, 2.05) is 107 Å². The van der Waals surface area contributed by atoms with Crippen LogP contribution < -0.4 is 17.1 Å². The van der Waals surface area contributed by atoms with Gasteiger partial charge in [-0.05, 0) is 114 Å². The lowest BCUT2D eigenvalue weighted by molar-refractivity contribution is -0.144. The smallest absolute Gasteiger partial charge is 0.336 e. The molecule has 0 fully saturated rings. The summed E-state index contributed by atoms with van der Waals surface area (Å²) in [4.78, 5) is 81.4. The monoisotopic (exact) mass is 1040 g/mol. The van der Waals surface area contributed by atoms with E-state index in [-0.39, 0.29) is 89.6 Å². The van der Waals surface area contributed by atoms with Gasteiger partial charge in [-0.1, -0.05) is 161 Å². The molecule has 0 amide bonds. The molecule has 0 radical (unpaired) electrons. The van der Waals surface area contributed by atoms with E-state index in [9.17, 15) is 39.0 Å². The largest absolute Gasteiger partial charge is 0.507 e. The molecule has 14 nitrogen and oxygen atoms in total. The van der Waals surface area contributed by atoms with Gasteiger partial charge in [0.1, 0.15) is 31.3 Å². The zero-order chi connectivity index (χ0) is 57.0. The molecule has 1 heterocycles. The van der Waals surface area contributed by atoms with Crippen molar-refractivity contribution in [2.24, 2.45) is 0 Å². The highest BCUT2D eigenvalue weighted by atomic mass is 16.5. The predicted molar refractivity (Wildman–Crippen MR) is 297 cm³/mol. The Morgan fingerprint density at radius 3 is 0.787 bits per heavy atom. The van der Waals surface area contributed by atoms with Crippen molar-refractivity contribution in [3.05, 3.63) is 123 Å². The van der Waals surface area contributed by atoms with Crippen molar-refractivity contribution < 1.29 is 38.8 Å². The van der Waals surface area contributed by atoms with Crippen molar-refractivity contribution in [1.82, 2.24) is 13.7 Å². The average molecular weight is 1040 g/mol. The van der Waals surface area contributed by atoms with Gasteiger partial charge in [-0.3, -0.25) is 14.4 Å². The Morgan fingerprint density at radius 1 is 0.387 bits per heavy atom. The first kappa shape index (κ1) is 61.6. The number of phenols is 2. The third kappa shape index (κ3) is 16.3. The number of aryl methyl sites for hydroxylation is 3. The molecule has 4 rings (SSSR count). The Morgan fingerprint density at radius 2 is 0.587 bits per heavy atom. The molecule has 75 heavy (non-hydrogen) atoms. The number of hydrogen-bond donors (Lipinski definition) is 2. The summed E-state index contributed by atoms with van der Waals surface area (Å²) in [5.41, 5.74) is 4.70. The van der Waals surface area contributed by atoms with Crippen LogP contribution in [-0.4, -0.2) is 61.6 Å². The number of aromatic nitrogens is 3. The van der Waals surface area contributed by atoms with E-state index in [4.69, 9.17) is 14.2 Å². The van der Waals surface area contributed by atoms with Crippen LogP contribution in [0, 0.1) is 6.92 Å². The molecular weight excluding hydrogens is 951 g/mol. The number of phenolic OH excluding ortho intramolecular Hbond substituents is 2. The molecule has 0 atom stereocenters. The molecule has 2 N–H and O–H groups in total. The summed E-state index contributed by atoms with van der Waals surface area (Å²) in [7, 11) is 0. The molecule has 4 aromatic rings. The SMILES string of the molecule is Cc1c(C(C)(C)C)cc(CCC(=O)OCCn2c(=O)n(CCOC(=O)CCc3cc(C(C)(C)C)c(O)c(C(C)(C)C)c3)c(=O)n(CCOC(=O)CCc3cc(C(C)(C)C)c(O)c(C(C)(C)C)c3)c2=O)cc1C(C)(C)C. The lowest BCUT2D eigenvalue weighted by Crippen LogP contribution is -2.55. The normalized spacial score (nSPS) is 12.7. The average Bonchev–Trinajstić information content (AvgIpc) is 3.26. The van der Waals surface area contributed by atoms with Crippen molar-refractivity contribution in [2.75, 3.05) is 19.8 Å². The molecular formula is C61H89N3O11. The van der Waals surface area contributed by atoms with Gasteiger partial charge >= 0.3 is 35.0 Å². The second kappa shape index (κ2) is 23.5. The highest BCUT2D eigenvalue weighted by Gasteiger charge is 2.29. The van der Waals surface area contributed by atoms with Crippen LogP contribution in [0.3, 0.4) is 0 Å². The minimum absolute atomic E-state index is 0.0189. The Labute approximate surface area is 445 Å². The maximum absolute atomic E-state index is 13.9. The number of esters is 3. The van der Waals surface area contributed by atoms with Crippen LogP contribution in [-0.2, 0) is 100.0 Å². The molecule has 0 unspecified atom stereocenters. The number of carbonyl (C=O) groups is 3. The van der Waals surface area contributed by atoms with Gasteiger partial charge < -0.3 is 24.4 Å². The maximum atomic E-state index is 13.9. The van der Waals surface area contributed by atoms with Crippen LogP contribution in [0.1, 0.15) is 200 Å². The van der Waals surface area contributed by atoms with Crippen molar-refractivity contribution in [1.29, 1.82) is 0 Å². The van der Waals surface area contributed by atoms with Crippen LogP contribution in [0.5, 0.6) is 11.5 Å². The molecule has 0 aliphatic heterocycles. The molecule has 414 valence electrons. The van der Waals surface area contributed by atoms with Gasteiger partial charge in [0.15, 0.2) is 0 Å². The Balaban J connectivity index is 1.54. The van der Waals surface area contributed by atoms with Gasteiger partial charge in [-0.25, -0.2) is 28.1 Å². The molecule has 0 aliphatic rings. The first-order valence-corrected chi connectivity index (χ1v) is 26.5. The molecule has 1 aromatic heterocycles. The zero-order valence-corrected chi connectivity index (χ0v) is 48.9. The minimum Gasteiger partial charge on any atom is -0.507 e. The summed E-state index contributed by atoms with van der Waals surface area (Å²) < 4.78 is 19.0. The van der Waals surface area contributed by atoms with Crippen LogP contribution >= 0.6 is 0 Å². The third-order valence-corrected chi connectivity index (χ3v) is 13.6. The first-order valence-electron chi connectivity index (χ1n) is 26.5. The number of aromatic hydroxyl groups is 2. The van der Waals surface area contributed by atoms with Crippen molar-refractivity contribution in [3.8, 4) is 11.5 Å². The summed E-state index contributed by atoms with van der Waals surface area (Å²) in [6.45, 7) is 36.9. The minimum atomic E-state index is -0.991. The molecule has 0 saturated carbocycles. The summed E-state index contributed by atoms with van der Waals surface area (Å²) in [6, 6.07) is 11.9. The van der Waals surface area contributed by atoms with Crippen LogP contribution in [0.25, 0.3) is 0 Å². The van der Waals surface area contributed by atoms with Gasteiger partial charge in [0, 0.05) is 19.3 Å². The lowest BCUT2D eigenvalue weighted by Gasteiger charge is -2.30. The fourth-order valence-corrected chi connectivity index (χ4v) is 9.40. The Kier molecular flexibility index (Phi) is 19.3. The zero-order valence-electron chi connectivity index (χ0n) is 48.9. The second-order valence-corrected chi connectivity index (χ2v) is 26.4. The van der Waals surface area contributed by atoms with Crippen LogP contribution in [0.2, 0.25) is 0 Å². The number of benzene rings is 3. The Hall–Kier alpha value is -5.92. The van der Waals surface area contributed by atoms with E-state index in [2.05, 4.69) is 60.6 Å².